The second kappa shape index (κ2) is 4.30. The van der Waals surface area contributed by atoms with Crippen LogP contribution in [0.4, 0.5) is 10.1 Å². The Balaban J connectivity index is 1.94. The molecule has 1 saturated heterocycles. The van der Waals surface area contributed by atoms with E-state index in [4.69, 9.17) is 4.74 Å². The van der Waals surface area contributed by atoms with E-state index in [-0.39, 0.29) is 12.6 Å². The zero-order valence-electron chi connectivity index (χ0n) is 9.27. The van der Waals surface area contributed by atoms with Gasteiger partial charge < -0.3 is 10.1 Å². The number of halogens is 1. The van der Waals surface area contributed by atoms with Gasteiger partial charge in [-0.15, -0.1) is 0 Å². The van der Waals surface area contributed by atoms with E-state index >= 15 is 0 Å². The lowest BCUT2D eigenvalue weighted by atomic mass is 10.1. The van der Waals surface area contributed by atoms with Crippen LogP contribution in [-0.2, 0) is 4.74 Å². The molecule has 17 heavy (non-hydrogen) atoms. The van der Waals surface area contributed by atoms with E-state index in [0.29, 0.717) is 6.61 Å². The molecule has 1 aliphatic heterocycles. The summed E-state index contributed by atoms with van der Waals surface area (Å²) in [5.41, 5.74) is 1.82. The molecule has 0 amide bonds. The Morgan fingerprint density at radius 1 is 1.24 bits per heavy atom. The fourth-order valence-corrected chi connectivity index (χ4v) is 2.08. The minimum Gasteiger partial charge on any atom is -0.376 e. The Hall–Kier alpha value is -1.68. The number of ether oxygens (including phenoxy) is 1. The normalized spacial score (nSPS) is 24.1. The Morgan fingerprint density at radius 2 is 2.12 bits per heavy atom. The minimum absolute atomic E-state index is 0.181. The molecule has 1 fully saturated rings. The number of para-hydroxylation sites is 1. The molecule has 4 heteroatoms. The van der Waals surface area contributed by atoms with Crippen molar-refractivity contribution in [3.63, 3.8) is 0 Å². The highest BCUT2D eigenvalue weighted by molar-refractivity contribution is 5.90. The van der Waals surface area contributed by atoms with Gasteiger partial charge in [-0.25, -0.2) is 4.39 Å². The van der Waals surface area contributed by atoms with Crippen molar-refractivity contribution in [3.05, 3.63) is 36.5 Å². The van der Waals surface area contributed by atoms with Gasteiger partial charge in [0, 0.05) is 17.3 Å². The van der Waals surface area contributed by atoms with E-state index in [0.717, 1.165) is 16.6 Å². The smallest absolute Gasteiger partial charge is 0.146 e. The first-order valence-electron chi connectivity index (χ1n) is 5.67. The van der Waals surface area contributed by atoms with Gasteiger partial charge in [-0.1, -0.05) is 18.2 Å². The largest absolute Gasteiger partial charge is 0.376 e. The summed E-state index contributed by atoms with van der Waals surface area (Å²) in [6, 6.07) is 9.42. The molecule has 0 saturated carbocycles. The van der Waals surface area contributed by atoms with E-state index < -0.39 is 6.17 Å². The lowest BCUT2D eigenvalue weighted by Gasteiger charge is -2.16. The van der Waals surface area contributed by atoms with Crippen molar-refractivity contribution in [2.75, 3.05) is 18.5 Å². The van der Waals surface area contributed by atoms with Crippen LogP contribution in [0.1, 0.15) is 0 Å². The third-order valence-corrected chi connectivity index (χ3v) is 3.00. The van der Waals surface area contributed by atoms with Gasteiger partial charge in [-0.05, 0) is 12.1 Å². The number of fused-ring (bicyclic) bond motifs is 1. The maximum Gasteiger partial charge on any atom is 0.146 e. The van der Waals surface area contributed by atoms with Crippen LogP contribution >= 0.6 is 0 Å². The second-order valence-electron chi connectivity index (χ2n) is 4.18. The molecule has 0 bridgehead atoms. The number of nitrogens with one attached hydrogen (secondary N) is 1. The van der Waals surface area contributed by atoms with Crippen molar-refractivity contribution in [3.8, 4) is 0 Å². The molecule has 1 N–H and O–H groups in total. The second-order valence-corrected chi connectivity index (χ2v) is 4.18. The fraction of sp³-hybridized carbons (Fsp3) is 0.308. The van der Waals surface area contributed by atoms with E-state index in [2.05, 4.69) is 10.3 Å². The van der Waals surface area contributed by atoms with Crippen molar-refractivity contribution < 1.29 is 9.13 Å². The van der Waals surface area contributed by atoms with Crippen molar-refractivity contribution in [2.24, 2.45) is 0 Å². The zero-order chi connectivity index (χ0) is 11.7. The number of anilines is 1. The molecule has 88 valence electrons. The van der Waals surface area contributed by atoms with Crippen LogP contribution in [0, 0.1) is 0 Å². The average Bonchev–Trinajstić information content (AvgIpc) is 2.76. The predicted octanol–water partition coefficient (Wildman–Crippen LogP) is 2.38. The zero-order valence-corrected chi connectivity index (χ0v) is 9.27. The number of nitrogens with zero attached hydrogens (tertiary/aromatic N) is 1. The van der Waals surface area contributed by atoms with Crippen molar-refractivity contribution in [1.29, 1.82) is 0 Å². The molecule has 3 rings (SSSR count). The van der Waals surface area contributed by atoms with Gasteiger partial charge in [0.15, 0.2) is 0 Å². The van der Waals surface area contributed by atoms with Crippen molar-refractivity contribution in [1.82, 2.24) is 4.98 Å². The highest BCUT2D eigenvalue weighted by atomic mass is 19.1. The number of benzene rings is 1. The van der Waals surface area contributed by atoms with E-state index in [1.54, 1.807) is 6.20 Å². The summed E-state index contributed by atoms with van der Waals surface area (Å²) in [6.07, 6.45) is 0.787. The standard InChI is InChI=1S/C13H13FN2O/c14-10-7-17-8-13(10)16-12-5-6-15-11-4-2-1-3-9(11)12/h1-6,10,13H,7-8H2,(H,15,16). The molecule has 0 radical (unpaired) electrons. The van der Waals surface area contributed by atoms with Gasteiger partial charge in [0.05, 0.1) is 24.8 Å². The first-order valence-corrected chi connectivity index (χ1v) is 5.67. The van der Waals surface area contributed by atoms with Crippen LogP contribution in [0.3, 0.4) is 0 Å². The summed E-state index contributed by atoms with van der Waals surface area (Å²) in [5, 5.41) is 4.20. The Morgan fingerprint density at radius 3 is 2.94 bits per heavy atom. The number of alkyl halides is 1. The van der Waals surface area contributed by atoms with E-state index in [9.17, 15) is 4.39 Å². The molecular weight excluding hydrogens is 219 g/mol. The Kier molecular flexibility index (Phi) is 2.65. The molecule has 2 aromatic rings. The monoisotopic (exact) mass is 232 g/mol. The minimum atomic E-state index is -0.943. The lowest BCUT2D eigenvalue weighted by Crippen LogP contribution is -2.28. The Bertz CT molecular complexity index is 526. The quantitative estimate of drug-likeness (QED) is 0.863. The first kappa shape index (κ1) is 10.5. The predicted molar refractivity (Wildman–Crippen MR) is 64.9 cm³/mol. The number of pyridine rings is 1. The molecule has 0 aliphatic carbocycles. The first-order chi connectivity index (χ1) is 8.34. The van der Waals surface area contributed by atoms with Gasteiger partial charge in [-0.2, -0.15) is 0 Å². The van der Waals surface area contributed by atoms with Crippen LogP contribution in [0.2, 0.25) is 0 Å². The summed E-state index contributed by atoms with van der Waals surface area (Å²) >= 11 is 0. The highest BCUT2D eigenvalue weighted by Crippen LogP contribution is 2.23. The van der Waals surface area contributed by atoms with Crippen LogP contribution in [-0.4, -0.2) is 30.4 Å². The summed E-state index contributed by atoms with van der Waals surface area (Å²) in [6.45, 7) is 0.596. The van der Waals surface area contributed by atoms with Crippen molar-refractivity contribution in [2.45, 2.75) is 12.2 Å². The number of hydrogen-bond acceptors (Lipinski definition) is 3. The molecule has 1 aromatic heterocycles. The summed E-state index contributed by atoms with van der Waals surface area (Å²) in [5.74, 6) is 0. The van der Waals surface area contributed by atoms with Gasteiger partial charge in [-0.3, -0.25) is 4.98 Å². The molecule has 2 heterocycles. The lowest BCUT2D eigenvalue weighted by molar-refractivity contribution is 0.173. The van der Waals surface area contributed by atoms with Gasteiger partial charge >= 0.3 is 0 Å². The SMILES string of the molecule is FC1COCC1Nc1ccnc2ccccc12. The number of rotatable bonds is 2. The maximum atomic E-state index is 13.5. The van der Waals surface area contributed by atoms with Gasteiger partial charge in [0.25, 0.3) is 0 Å². The van der Waals surface area contributed by atoms with Gasteiger partial charge in [0.2, 0.25) is 0 Å². The third-order valence-electron chi connectivity index (χ3n) is 3.00. The molecule has 1 aromatic carbocycles. The highest BCUT2D eigenvalue weighted by Gasteiger charge is 2.28. The molecule has 3 nitrogen and oxygen atoms in total. The van der Waals surface area contributed by atoms with Crippen molar-refractivity contribution >= 4 is 16.6 Å². The molecule has 2 unspecified atom stereocenters. The third kappa shape index (κ3) is 1.96. The van der Waals surface area contributed by atoms with Crippen LogP contribution in [0.5, 0.6) is 0 Å². The Labute approximate surface area is 98.6 Å². The molecular formula is C13H13FN2O. The molecule has 2 atom stereocenters. The molecule has 1 aliphatic rings. The topological polar surface area (TPSA) is 34.1 Å². The summed E-state index contributed by atoms with van der Waals surface area (Å²) in [7, 11) is 0. The fourth-order valence-electron chi connectivity index (χ4n) is 2.08. The van der Waals surface area contributed by atoms with Crippen LogP contribution in [0.25, 0.3) is 10.9 Å². The van der Waals surface area contributed by atoms with E-state index in [1.807, 2.05) is 30.3 Å². The number of aromatic nitrogens is 1. The van der Waals surface area contributed by atoms with Crippen LogP contribution < -0.4 is 5.32 Å². The summed E-state index contributed by atoms with van der Waals surface area (Å²) in [4.78, 5) is 4.27. The van der Waals surface area contributed by atoms with Crippen LogP contribution in [0.15, 0.2) is 36.5 Å². The van der Waals surface area contributed by atoms with E-state index in [1.165, 1.54) is 0 Å². The number of hydrogen-bond donors (Lipinski definition) is 1. The molecule has 0 spiro atoms. The van der Waals surface area contributed by atoms with Gasteiger partial charge in [0.1, 0.15) is 6.17 Å². The maximum absolute atomic E-state index is 13.5. The summed E-state index contributed by atoms with van der Waals surface area (Å²) < 4.78 is 18.6. The average molecular weight is 232 g/mol.